The molecule has 0 radical (unpaired) electrons. The summed E-state index contributed by atoms with van der Waals surface area (Å²) in [5.41, 5.74) is 2.73. The average molecular weight is 279 g/mol. The number of fused-ring (bicyclic) bond motifs is 1. The molecule has 0 saturated carbocycles. The number of hydrogen-bond acceptors (Lipinski definition) is 3. The SMILES string of the molecule is [Cl-].c1coc(CNCC2OCCc3ccccc32)c1. The van der Waals surface area contributed by atoms with Gasteiger partial charge >= 0.3 is 0 Å². The van der Waals surface area contributed by atoms with Crippen LogP contribution in [0, 0.1) is 0 Å². The molecule has 1 aromatic carbocycles. The molecule has 0 saturated heterocycles. The Morgan fingerprint density at radius 2 is 2.05 bits per heavy atom. The van der Waals surface area contributed by atoms with Gasteiger partial charge < -0.3 is 26.9 Å². The van der Waals surface area contributed by atoms with Crippen molar-refractivity contribution >= 4 is 0 Å². The van der Waals surface area contributed by atoms with Crippen molar-refractivity contribution in [2.75, 3.05) is 13.2 Å². The molecule has 2 heterocycles. The van der Waals surface area contributed by atoms with Gasteiger partial charge in [0.1, 0.15) is 5.76 Å². The molecular weight excluding hydrogens is 262 g/mol. The summed E-state index contributed by atoms with van der Waals surface area (Å²) in [5, 5.41) is 3.38. The molecular formula is C15H17ClNO2-. The van der Waals surface area contributed by atoms with Crippen LogP contribution in [0.2, 0.25) is 0 Å². The first-order valence-corrected chi connectivity index (χ1v) is 6.36. The van der Waals surface area contributed by atoms with E-state index in [1.807, 2.05) is 12.1 Å². The van der Waals surface area contributed by atoms with Crippen molar-refractivity contribution in [1.29, 1.82) is 0 Å². The predicted molar refractivity (Wildman–Crippen MR) is 69.3 cm³/mol. The third-order valence-corrected chi connectivity index (χ3v) is 3.30. The Balaban J connectivity index is 0.00000133. The summed E-state index contributed by atoms with van der Waals surface area (Å²) in [6.45, 7) is 2.37. The van der Waals surface area contributed by atoms with Gasteiger partial charge in [0, 0.05) is 6.54 Å². The molecule has 1 unspecified atom stereocenters. The summed E-state index contributed by atoms with van der Waals surface area (Å²) >= 11 is 0. The number of halogens is 1. The summed E-state index contributed by atoms with van der Waals surface area (Å²) in [6, 6.07) is 12.4. The Kier molecular flexibility index (Phi) is 5.02. The molecule has 4 heteroatoms. The van der Waals surface area contributed by atoms with Crippen LogP contribution >= 0.6 is 0 Å². The zero-order valence-corrected chi connectivity index (χ0v) is 11.4. The van der Waals surface area contributed by atoms with Gasteiger partial charge in [-0.15, -0.1) is 0 Å². The van der Waals surface area contributed by atoms with E-state index in [4.69, 9.17) is 9.15 Å². The Labute approximate surface area is 119 Å². The highest BCUT2D eigenvalue weighted by molar-refractivity contribution is 5.31. The van der Waals surface area contributed by atoms with Crippen LogP contribution in [0.1, 0.15) is 23.0 Å². The van der Waals surface area contributed by atoms with E-state index in [-0.39, 0.29) is 18.5 Å². The van der Waals surface area contributed by atoms with Crippen molar-refractivity contribution in [3.8, 4) is 0 Å². The summed E-state index contributed by atoms with van der Waals surface area (Å²) < 4.78 is 11.1. The first-order valence-electron chi connectivity index (χ1n) is 6.36. The summed E-state index contributed by atoms with van der Waals surface area (Å²) in [4.78, 5) is 0. The quantitative estimate of drug-likeness (QED) is 0.833. The van der Waals surface area contributed by atoms with E-state index in [0.717, 1.165) is 31.9 Å². The number of furan rings is 1. The Bertz CT molecular complexity index is 499. The molecule has 3 rings (SSSR count). The second-order valence-corrected chi connectivity index (χ2v) is 4.52. The van der Waals surface area contributed by atoms with Crippen molar-refractivity contribution in [3.05, 3.63) is 59.5 Å². The highest BCUT2D eigenvalue weighted by atomic mass is 35.5. The minimum absolute atomic E-state index is 0. The minimum atomic E-state index is 0. The number of hydrogen-bond donors (Lipinski definition) is 1. The van der Waals surface area contributed by atoms with Gasteiger partial charge in [0.25, 0.3) is 0 Å². The molecule has 0 spiro atoms. The van der Waals surface area contributed by atoms with Gasteiger partial charge in [0.2, 0.25) is 0 Å². The monoisotopic (exact) mass is 278 g/mol. The normalized spacial score (nSPS) is 17.6. The molecule has 0 aliphatic carbocycles. The zero-order chi connectivity index (χ0) is 12.2. The van der Waals surface area contributed by atoms with Crippen molar-refractivity contribution in [2.45, 2.75) is 19.1 Å². The second-order valence-electron chi connectivity index (χ2n) is 4.52. The predicted octanol–water partition coefficient (Wildman–Crippen LogP) is -0.313. The van der Waals surface area contributed by atoms with Gasteiger partial charge in [-0.3, -0.25) is 0 Å². The number of nitrogens with one attached hydrogen (secondary N) is 1. The molecule has 19 heavy (non-hydrogen) atoms. The van der Waals surface area contributed by atoms with Gasteiger partial charge in [0.15, 0.2) is 0 Å². The smallest absolute Gasteiger partial charge is 0.117 e. The lowest BCUT2D eigenvalue weighted by Gasteiger charge is -2.26. The van der Waals surface area contributed by atoms with Crippen LogP contribution in [0.15, 0.2) is 47.1 Å². The summed E-state index contributed by atoms with van der Waals surface area (Å²) in [7, 11) is 0. The van der Waals surface area contributed by atoms with Crippen molar-refractivity contribution < 1.29 is 21.6 Å². The molecule has 2 aromatic rings. The fraction of sp³-hybridized carbons (Fsp3) is 0.333. The van der Waals surface area contributed by atoms with Crippen LogP contribution in [0.4, 0.5) is 0 Å². The van der Waals surface area contributed by atoms with Crippen LogP contribution in [0.3, 0.4) is 0 Å². The summed E-state index contributed by atoms with van der Waals surface area (Å²) in [5.74, 6) is 0.957. The van der Waals surface area contributed by atoms with Crippen LogP contribution in [-0.2, 0) is 17.7 Å². The Morgan fingerprint density at radius 1 is 1.16 bits per heavy atom. The van der Waals surface area contributed by atoms with Gasteiger partial charge in [-0.1, -0.05) is 24.3 Å². The maximum absolute atomic E-state index is 5.83. The average Bonchev–Trinajstić information content (AvgIpc) is 2.92. The lowest BCUT2D eigenvalue weighted by atomic mass is 9.97. The molecule has 0 fully saturated rings. The lowest BCUT2D eigenvalue weighted by Crippen LogP contribution is -3.00. The standard InChI is InChI=1S/C15H17NO2.ClH/c1-2-6-14-12(4-1)7-9-18-15(14)11-16-10-13-5-3-8-17-13;/h1-6,8,15-16H,7,9-11H2;1H/p-1. The highest BCUT2D eigenvalue weighted by Gasteiger charge is 2.19. The highest BCUT2D eigenvalue weighted by Crippen LogP contribution is 2.26. The van der Waals surface area contributed by atoms with Crippen molar-refractivity contribution in [3.63, 3.8) is 0 Å². The molecule has 1 N–H and O–H groups in total. The van der Waals surface area contributed by atoms with E-state index < -0.39 is 0 Å². The molecule has 0 amide bonds. The van der Waals surface area contributed by atoms with Crippen molar-refractivity contribution in [2.24, 2.45) is 0 Å². The third kappa shape index (κ3) is 3.38. The minimum Gasteiger partial charge on any atom is -1.00 e. The van der Waals surface area contributed by atoms with E-state index in [9.17, 15) is 0 Å². The third-order valence-electron chi connectivity index (χ3n) is 3.30. The van der Waals surface area contributed by atoms with E-state index in [2.05, 4.69) is 29.6 Å². The van der Waals surface area contributed by atoms with Gasteiger partial charge in [-0.05, 0) is 29.7 Å². The molecule has 1 aromatic heterocycles. The largest absolute Gasteiger partial charge is 1.00 e. The maximum Gasteiger partial charge on any atom is 0.117 e. The van der Waals surface area contributed by atoms with Gasteiger partial charge in [-0.25, -0.2) is 0 Å². The number of benzene rings is 1. The fourth-order valence-corrected chi connectivity index (χ4v) is 2.39. The first kappa shape index (κ1) is 14.1. The zero-order valence-electron chi connectivity index (χ0n) is 10.6. The van der Waals surface area contributed by atoms with Crippen LogP contribution in [0.25, 0.3) is 0 Å². The van der Waals surface area contributed by atoms with E-state index in [0.29, 0.717) is 0 Å². The number of ether oxygens (including phenoxy) is 1. The van der Waals surface area contributed by atoms with E-state index in [1.165, 1.54) is 11.1 Å². The molecule has 1 aliphatic rings. The van der Waals surface area contributed by atoms with Crippen LogP contribution < -0.4 is 17.7 Å². The topological polar surface area (TPSA) is 34.4 Å². The first-order chi connectivity index (χ1) is 8.93. The Hall–Kier alpha value is -1.29. The molecule has 0 bridgehead atoms. The van der Waals surface area contributed by atoms with E-state index in [1.54, 1.807) is 6.26 Å². The lowest BCUT2D eigenvalue weighted by molar-refractivity contribution is -0.00000686. The van der Waals surface area contributed by atoms with E-state index >= 15 is 0 Å². The van der Waals surface area contributed by atoms with Crippen molar-refractivity contribution in [1.82, 2.24) is 5.32 Å². The van der Waals surface area contributed by atoms with Gasteiger partial charge in [0.05, 0.1) is 25.5 Å². The fourth-order valence-electron chi connectivity index (χ4n) is 2.39. The molecule has 1 aliphatic heterocycles. The van der Waals surface area contributed by atoms with Gasteiger partial charge in [-0.2, -0.15) is 0 Å². The molecule has 3 nitrogen and oxygen atoms in total. The number of rotatable bonds is 4. The second kappa shape index (κ2) is 6.75. The van der Waals surface area contributed by atoms with Crippen LogP contribution in [0.5, 0.6) is 0 Å². The van der Waals surface area contributed by atoms with Crippen LogP contribution in [-0.4, -0.2) is 13.2 Å². The molecule has 102 valence electrons. The maximum atomic E-state index is 5.83. The summed E-state index contributed by atoms with van der Waals surface area (Å²) in [6.07, 6.45) is 2.87. The molecule has 1 atom stereocenters. The Morgan fingerprint density at radius 3 is 2.89 bits per heavy atom.